The van der Waals surface area contributed by atoms with Crippen LogP contribution < -0.4 is 10.6 Å². The quantitative estimate of drug-likeness (QED) is 0.715. The van der Waals surface area contributed by atoms with E-state index in [0.717, 1.165) is 32.4 Å². The van der Waals surface area contributed by atoms with Crippen LogP contribution in [-0.4, -0.2) is 53.7 Å². The summed E-state index contributed by atoms with van der Waals surface area (Å²) >= 11 is 0. The highest BCUT2D eigenvalue weighted by Gasteiger charge is 2.48. The molecule has 6 heteroatoms. The molecule has 3 unspecified atom stereocenters. The third-order valence-electron chi connectivity index (χ3n) is 4.64. The number of nitrogens with zero attached hydrogens (tertiary/aromatic N) is 1. The largest absolute Gasteiger partial charge is 0.480 e. The fraction of sp³-hybridized carbons (Fsp3) is 0.857. The molecule has 2 aliphatic rings. The number of carboxylic acid groups (broad SMARTS) is 1. The summed E-state index contributed by atoms with van der Waals surface area (Å²) in [6.07, 6.45) is 2.64. The van der Waals surface area contributed by atoms with E-state index < -0.39 is 11.5 Å². The van der Waals surface area contributed by atoms with Crippen LogP contribution >= 0.6 is 0 Å². The number of carbonyl (C=O) groups is 2. The van der Waals surface area contributed by atoms with Crippen molar-refractivity contribution in [2.75, 3.05) is 20.1 Å². The number of amides is 2. The Labute approximate surface area is 119 Å². The Kier molecular flexibility index (Phi) is 4.22. The molecule has 2 rings (SSSR count). The molecule has 0 aromatic heterocycles. The van der Waals surface area contributed by atoms with Gasteiger partial charge in [-0.15, -0.1) is 0 Å². The summed E-state index contributed by atoms with van der Waals surface area (Å²) in [5.74, 6) is -0.524. The number of hydrogen-bond donors (Lipinski definition) is 3. The Hall–Kier alpha value is -1.30. The van der Waals surface area contributed by atoms with E-state index in [2.05, 4.69) is 29.5 Å². The third-order valence-corrected chi connectivity index (χ3v) is 4.64. The number of piperidine rings is 1. The van der Waals surface area contributed by atoms with E-state index in [1.807, 2.05) is 0 Å². The summed E-state index contributed by atoms with van der Waals surface area (Å²) in [6.45, 7) is 5.61. The van der Waals surface area contributed by atoms with Gasteiger partial charge in [0, 0.05) is 12.6 Å². The number of rotatable bonds is 4. The van der Waals surface area contributed by atoms with Crippen molar-refractivity contribution in [2.24, 2.45) is 11.8 Å². The smallest absolute Gasteiger partial charge is 0.329 e. The van der Waals surface area contributed by atoms with Crippen molar-refractivity contribution in [1.82, 2.24) is 15.5 Å². The first-order valence-corrected chi connectivity index (χ1v) is 7.33. The predicted octanol–water partition coefficient (Wildman–Crippen LogP) is 0.879. The van der Waals surface area contributed by atoms with Gasteiger partial charge in [0.1, 0.15) is 5.54 Å². The van der Waals surface area contributed by atoms with Gasteiger partial charge in [0.2, 0.25) is 0 Å². The van der Waals surface area contributed by atoms with Crippen molar-refractivity contribution in [3.05, 3.63) is 0 Å². The molecule has 0 radical (unpaired) electrons. The van der Waals surface area contributed by atoms with Gasteiger partial charge in [-0.3, -0.25) is 0 Å². The molecule has 2 amide bonds. The summed E-state index contributed by atoms with van der Waals surface area (Å²) < 4.78 is 0. The number of nitrogens with one attached hydrogen (secondary N) is 2. The van der Waals surface area contributed by atoms with E-state index in [0.29, 0.717) is 5.92 Å². The number of aliphatic carboxylic acids is 1. The first kappa shape index (κ1) is 15.1. The normalized spacial score (nSPS) is 30.4. The zero-order valence-corrected chi connectivity index (χ0v) is 12.5. The molecular weight excluding hydrogens is 258 g/mol. The van der Waals surface area contributed by atoms with Crippen molar-refractivity contribution in [1.29, 1.82) is 0 Å². The number of urea groups is 1. The zero-order chi connectivity index (χ0) is 14.9. The molecular formula is C14H25N3O3. The van der Waals surface area contributed by atoms with Gasteiger partial charge in [-0.25, -0.2) is 9.59 Å². The average molecular weight is 283 g/mol. The molecule has 3 N–H and O–H groups in total. The second-order valence-electron chi connectivity index (χ2n) is 6.51. The summed E-state index contributed by atoms with van der Waals surface area (Å²) in [4.78, 5) is 25.7. The van der Waals surface area contributed by atoms with Gasteiger partial charge in [-0.2, -0.15) is 0 Å². The lowest BCUT2D eigenvalue weighted by atomic mass is 9.94. The Balaban J connectivity index is 1.90. The molecule has 6 nitrogen and oxygen atoms in total. The Bertz CT molecular complexity index is 397. The maximum Gasteiger partial charge on any atom is 0.329 e. The molecule has 114 valence electrons. The van der Waals surface area contributed by atoms with E-state index in [-0.39, 0.29) is 18.0 Å². The number of likely N-dealkylation sites (tertiary alicyclic amines) is 1. The number of carboxylic acids is 1. The minimum Gasteiger partial charge on any atom is -0.480 e. The number of carbonyl (C=O) groups excluding carboxylic acids is 1. The molecule has 20 heavy (non-hydrogen) atoms. The molecule has 1 aliphatic carbocycles. The molecule has 0 aromatic carbocycles. The second kappa shape index (κ2) is 5.60. The van der Waals surface area contributed by atoms with Crippen LogP contribution in [0.4, 0.5) is 4.79 Å². The van der Waals surface area contributed by atoms with E-state index in [1.165, 1.54) is 0 Å². The topological polar surface area (TPSA) is 81.7 Å². The number of hydrogen-bond acceptors (Lipinski definition) is 3. The Morgan fingerprint density at radius 1 is 1.30 bits per heavy atom. The highest BCUT2D eigenvalue weighted by Crippen LogP contribution is 2.39. The van der Waals surface area contributed by atoms with Gasteiger partial charge in [0.25, 0.3) is 0 Å². The van der Waals surface area contributed by atoms with Gasteiger partial charge in [-0.1, -0.05) is 6.92 Å². The molecule has 0 spiro atoms. The first-order valence-electron chi connectivity index (χ1n) is 7.33. The third kappa shape index (κ3) is 3.23. The summed E-state index contributed by atoms with van der Waals surface area (Å²) in [5.41, 5.74) is -1.14. The molecule has 1 aliphatic heterocycles. The SMILES string of the molecule is CC1CN(C)CCC1NC(=O)NC(C)(C(=O)O)C1CC1. The highest BCUT2D eigenvalue weighted by atomic mass is 16.4. The lowest BCUT2D eigenvalue weighted by molar-refractivity contribution is -0.144. The molecule has 2 fully saturated rings. The maximum absolute atomic E-state index is 12.1. The van der Waals surface area contributed by atoms with E-state index in [4.69, 9.17) is 0 Å². The highest BCUT2D eigenvalue weighted by molar-refractivity contribution is 5.86. The van der Waals surface area contributed by atoms with E-state index in [1.54, 1.807) is 6.92 Å². The minimum absolute atomic E-state index is 0.0562. The van der Waals surface area contributed by atoms with Crippen LogP contribution in [-0.2, 0) is 4.79 Å². The van der Waals surface area contributed by atoms with Gasteiger partial charge < -0.3 is 20.6 Å². The molecule has 1 heterocycles. The van der Waals surface area contributed by atoms with Crippen LogP contribution in [0, 0.1) is 11.8 Å². The van der Waals surface area contributed by atoms with Crippen molar-refractivity contribution in [3.8, 4) is 0 Å². The van der Waals surface area contributed by atoms with Crippen molar-refractivity contribution in [3.63, 3.8) is 0 Å². The monoisotopic (exact) mass is 283 g/mol. The molecule has 1 saturated heterocycles. The lowest BCUT2D eigenvalue weighted by Crippen LogP contribution is -2.59. The summed E-state index contributed by atoms with van der Waals surface area (Å²) in [7, 11) is 2.07. The predicted molar refractivity (Wildman–Crippen MR) is 75.5 cm³/mol. The van der Waals surface area contributed by atoms with Crippen LogP contribution in [0.2, 0.25) is 0 Å². The van der Waals surface area contributed by atoms with Crippen LogP contribution in [0.25, 0.3) is 0 Å². The molecule has 3 atom stereocenters. The maximum atomic E-state index is 12.1. The lowest BCUT2D eigenvalue weighted by Gasteiger charge is -2.36. The fourth-order valence-corrected chi connectivity index (χ4v) is 3.00. The van der Waals surface area contributed by atoms with Crippen LogP contribution in [0.5, 0.6) is 0 Å². The van der Waals surface area contributed by atoms with Gasteiger partial charge in [-0.05, 0) is 51.6 Å². The van der Waals surface area contributed by atoms with E-state index >= 15 is 0 Å². The summed E-state index contributed by atoms with van der Waals surface area (Å²) in [6, 6.07) is -0.244. The average Bonchev–Trinajstić information content (AvgIpc) is 3.16. The molecule has 0 aromatic rings. The van der Waals surface area contributed by atoms with Crippen LogP contribution in [0.1, 0.15) is 33.1 Å². The van der Waals surface area contributed by atoms with Gasteiger partial charge >= 0.3 is 12.0 Å². The standard InChI is InChI=1S/C14H25N3O3/c1-9-8-17(3)7-6-11(9)15-13(20)16-14(2,12(18)19)10-4-5-10/h9-11H,4-8H2,1-3H3,(H,18,19)(H2,15,16,20). The summed E-state index contributed by atoms with van der Waals surface area (Å²) in [5, 5.41) is 14.9. The minimum atomic E-state index is -1.14. The van der Waals surface area contributed by atoms with Crippen molar-refractivity contribution >= 4 is 12.0 Å². The zero-order valence-electron chi connectivity index (χ0n) is 12.5. The van der Waals surface area contributed by atoms with Crippen molar-refractivity contribution in [2.45, 2.75) is 44.7 Å². The van der Waals surface area contributed by atoms with Crippen molar-refractivity contribution < 1.29 is 14.7 Å². The Morgan fingerprint density at radius 3 is 2.45 bits per heavy atom. The first-order chi connectivity index (χ1) is 9.33. The Morgan fingerprint density at radius 2 is 1.95 bits per heavy atom. The van der Waals surface area contributed by atoms with Gasteiger partial charge in [0.15, 0.2) is 0 Å². The van der Waals surface area contributed by atoms with E-state index in [9.17, 15) is 14.7 Å². The van der Waals surface area contributed by atoms with Crippen LogP contribution in [0.15, 0.2) is 0 Å². The van der Waals surface area contributed by atoms with Crippen LogP contribution in [0.3, 0.4) is 0 Å². The molecule has 0 bridgehead atoms. The fourth-order valence-electron chi connectivity index (χ4n) is 3.00. The second-order valence-corrected chi connectivity index (χ2v) is 6.51. The molecule has 1 saturated carbocycles. The van der Waals surface area contributed by atoms with Gasteiger partial charge in [0.05, 0.1) is 0 Å².